The Bertz CT molecular complexity index is 692. The van der Waals surface area contributed by atoms with Crippen molar-refractivity contribution in [2.75, 3.05) is 7.11 Å². The minimum Gasteiger partial charge on any atom is -0.469 e. The molecule has 0 heterocycles. The highest BCUT2D eigenvalue weighted by Gasteiger charge is 2.15. The van der Waals surface area contributed by atoms with Crippen molar-refractivity contribution in [1.82, 2.24) is 0 Å². The number of aryl methyl sites for hydroxylation is 2. The zero-order valence-corrected chi connectivity index (χ0v) is 12.0. The number of methoxy groups -OCH3 is 1. The van der Waals surface area contributed by atoms with Crippen LogP contribution >= 0.6 is 0 Å². The van der Waals surface area contributed by atoms with Crippen molar-refractivity contribution in [2.24, 2.45) is 0 Å². The van der Waals surface area contributed by atoms with Crippen molar-refractivity contribution in [3.63, 3.8) is 0 Å². The monoisotopic (exact) mass is 284 g/mol. The Morgan fingerprint density at radius 2 is 1.81 bits per heavy atom. The maximum atomic E-state index is 13.4. The summed E-state index contributed by atoms with van der Waals surface area (Å²) < 4.78 is 18.1. The van der Waals surface area contributed by atoms with E-state index < -0.39 is 0 Å². The molecule has 0 fully saturated rings. The maximum Gasteiger partial charge on any atom is 0.309 e. The molecule has 0 spiro atoms. The molecule has 0 saturated carbocycles. The molecular weight excluding hydrogens is 267 g/mol. The number of esters is 1. The van der Waals surface area contributed by atoms with E-state index >= 15 is 0 Å². The number of fused-ring (bicyclic) bond motifs is 2. The molecule has 0 amide bonds. The molecule has 1 aliphatic carbocycles. The Labute approximate surface area is 123 Å². The van der Waals surface area contributed by atoms with E-state index in [4.69, 9.17) is 4.74 Å². The number of ether oxygens (including phenoxy) is 1. The number of halogens is 1. The van der Waals surface area contributed by atoms with Crippen LogP contribution in [-0.4, -0.2) is 13.1 Å². The van der Waals surface area contributed by atoms with Crippen LogP contribution in [0.4, 0.5) is 4.39 Å². The predicted molar refractivity (Wildman–Crippen MR) is 78.8 cm³/mol. The van der Waals surface area contributed by atoms with Gasteiger partial charge >= 0.3 is 5.97 Å². The fourth-order valence-corrected chi connectivity index (χ4v) is 2.91. The third-order valence-corrected chi connectivity index (χ3v) is 4.06. The molecule has 0 N–H and O–H groups in total. The second kappa shape index (κ2) is 5.68. The van der Waals surface area contributed by atoms with E-state index in [1.54, 1.807) is 6.07 Å². The molecule has 2 aromatic rings. The normalized spacial score (nSPS) is 13.0. The second-order valence-corrected chi connectivity index (χ2v) is 5.45. The molecular formula is C18H17FO2. The summed E-state index contributed by atoms with van der Waals surface area (Å²) in [4.78, 5) is 11.4. The van der Waals surface area contributed by atoms with Crippen LogP contribution < -0.4 is 0 Å². The SMILES string of the molecule is COC(=O)Cc1ccc2c(c1)CCc1ccc(F)cc1C2. The van der Waals surface area contributed by atoms with Crippen LogP contribution in [0.5, 0.6) is 0 Å². The average molecular weight is 284 g/mol. The summed E-state index contributed by atoms with van der Waals surface area (Å²) in [6.45, 7) is 0. The van der Waals surface area contributed by atoms with Gasteiger partial charge in [0.25, 0.3) is 0 Å². The molecule has 0 bridgehead atoms. The summed E-state index contributed by atoms with van der Waals surface area (Å²) in [6.07, 6.45) is 2.87. The average Bonchev–Trinajstić information content (AvgIpc) is 2.65. The van der Waals surface area contributed by atoms with Crippen LogP contribution in [0, 0.1) is 5.82 Å². The first-order valence-electron chi connectivity index (χ1n) is 7.10. The molecule has 3 heteroatoms. The first kappa shape index (κ1) is 13.8. The van der Waals surface area contributed by atoms with Crippen molar-refractivity contribution in [2.45, 2.75) is 25.7 Å². The molecule has 0 radical (unpaired) electrons. The molecule has 108 valence electrons. The Hall–Kier alpha value is -2.16. The quantitative estimate of drug-likeness (QED) is 0.791. The molecule has 0 saturated heterocycles. The van der Waals surface area contributed by atoms with Gasteiger partial charge in [0.15, 0.2) is 0 Å². The van der Waals surface area contributed by atoms with Crippen LogP contribution in [0.2, 0.25) is 0 Å². The number of benzene rings is 2. The number of hydrogen-bond acceptors (Lipinski definition) is 2. The molecule has 2 aromatic carbocycles. The molecule has 2 nitrogen and oxygen atoms in total. The van der Waals surface area contributed by atoms with Gasteiger partial charge in [-0.25, -0.2) is 4.39 Å². The van der Waals surface area contributed by atoms with E-state index in [0.29, 0.717) is 6.42 Å². The lowest BCUT2D eigenvalue weighted by molar-refractivity contribution is -0.139. The Morgan fingerprint density at radius 3 is 2.62 bits per heavy atom. The van der Waals surface area contributed by atoms with Gasteiger partial charge in [0.2, 0.25) is 0 Å². The van der Waals surface area contributed by atoms with E-state index in [1.165, 1.54) is 29.9 Å². The van der Waals surface area contributed by atoms with Crippen molar-refractivity contribution < 1.29 is 13.9 Å². The molecule has 3 rings (SSSR count). The molecule has 21 heavy (non-hydrogen) atoms. The Balaban J connectivity index is 1.90. The van der Waals surface area contributed by atoms with Crippen molar-refractivity contribution in [1.29, 1.82) is 0 Å². The topological polar surface area (TPSA) is 26.3 Å². The number of hydrogen-bond donors (Lipinski definition) is 0. The third-order valence-electron chi connectivity index (χ3n) is 4.06. The van der Waals surface area contributed by atoms with Gasteiger partial charge < -0.3 is 4.74 Å². The van der Waals surface area contributed by atoms with Crippen molar-refractivity contribution >= 4 is 5.97 Å². The van der Waals surface area contributed by atoms with Gasteiger partial charge in [-0.05, 0) is 59.2 Å². The summed E-state index contributed by atoms with van der Waals surface area (Å²) in [5.41, 5.74) is 5.70. The first-order chi connectivity index (χ1) is 10.2. The lowest BCUT2D eigenvalue weighted by atomic mass is 9.97. The van der Waals surface area contributed by atoms with Crippen LogP contribution in [0.15, 0.2) is 36.4 Å². The van der Waals surface area contributed by atoms with E-state index in [0.717, 1.165) is 30.4 Å². The van der Waals surface area contributed by atoms with Crippen LogP contribution in [-0.2, 0) is 35.2 Å². The Kier molecular flexibility index (Phi) is 3.74. The maximum absolute atomic E-state index is 13.4. The fraction of sp³-hybridized carbons (Fsp3) is 0.278. The standard InChI is InChI=1S/C18H17FO2/c1-21-18(20)9-12-2-3-15-10-16-11-17(19)7-6-13(16)4-5-14(15)8-12/h2-3,6-8,11H,4-5,9-10H2,1H3. The number of rotatable bonds is 2. The zero-order valence-electron chi connectivity index (χ0n) is 12.0. The summed E-state index contributed by atoms with van der Waals surface area (Å²) in [7, 11) is 1.40. The summed E-state index contributed by atoms with van der Waals surface area (Å²) in [5.74, 6) is -0.409. The highest BCUT2D eigenvalue weighted by Crippen LogP contribution is 2.26. The van der Waals surface area contributed by atoms with Crippen LogP contribution in [0.3, 0.4) is 0 Å². The van der Waals surface area contributed by atoms with Gasteiger partial charge in [0.1, 0.15) is 5.82 Å². The third kappa shape index (κ3) is 2.97. The molecule has 0 atom stereocenters. The van der Waals surface area contributed by atoms with E-state index in [9.17, 15) is 9.18 Å². The smallest absolute Gasteiger partial charge is 0.309 e. The van der Waals surface area contributed by atoms with E-state index in [2.05, 4.69) is 6.07 Å². The Morgan fingerprint density at radius 1 is 1.05 bits per heavy atom. The molecule has 0 aliphatic heterocycles. The number of carbonyl (C=O) groups excluding carboxylic acids is 1. The van der Waals surface area contributed by atoms with Crippen LogP contribution in [0.1, 0.15) is 27.8 Å². The minimum absolute atomic E-state index is 0.181. The van der Waals surface area contributed by atoms with Gasteiger partial charge in [-0.1, -0.05) is 24.3 Å². The summed E-state index contributed by atoms with van der Waals surface area (Å²) >= 11 is 0. The van der Waals surface area contributed by atoms with Crippen molar-refractivity contribution in [3.05, 3.63) is 70.0 Å². The lowest BCUT2D eigenvalue weighted by Crippen LogP contribution is -2.05. The van der Waals surface area contributed by atoms with Gasteiger partial charge in [-0.3, -0.25) is 4.79 Å². The van der Waals surface area contributed by atoms with Gasteiger partial charge in [-0.15, -0.1) is 0 Å². The summed E-state index contributed by atoms with van der Waals surface area (Å²) in [6, 6.07) is 11.1. The summed E-state index contributed by atoms with van der Waals surface area (Å²) in [5, 5.41) is 0. The van der Waals surface area contributed by atoms with Crippen LogP contribution in [0.25, 0.3) is 0 Å². The lowest BCUT2D eigenvalue weighted by Gasteiger charge is -2.08. The van der Waals surface area contributed by atoms with Crippen molar-refractivity contribution in [3.8, 4) is 0 Å². The number of carbonyl (C=O) groups is 1. The highest BCUT2D eigenvalue weighted by atomic mass is 19.1. The van der Waals surface area contributed by atoms with Gasteiger partial charge in [0, 0.05) is 0 Å². The highest BCUT2D eigenvalue weighted by molar-refractivity contribution is 5.72. The van der Waals surface area contributed by atoms with E-state index in [-0.39, 0.29) is 11.8 Å². The van der Waals surface area contributed by atoms with Gasteiger partial charge in [-0.2, -0.15) is 0 Å². The first-order valence-corrected chi connectivity index (χ1v) is 7.10. The molecule has 1 aliphatic rings. The second-order valence-electron chi connectivity index (χ2n) is 5.45. The molecule has 0 aromatic heterocycles. The van der Waals surface area contributed by atoms with Gasteiger partial charge in [0.05, 0.1) is 13.5 Å². The largest absolute Gasteiger partial charge is 0.469 e. The zero-order chi connectivity index (χ0) is 14.8. The fourth-order valence-electron chi connectivity index (χ4n) is 2.91. The minimum atomic E-state index is -0.228. The molecule has 0 unspecified atom stereocenters. The van der Waals surface area contributed by atoms with E-state index in [1.807, 2.05) is 18.2 Å². The predicted octanol–water partition coefficient (Wildman–Crippen LogP) is 3.23.